The number of rotatable bonds is 2. The molecule has 21 heavy (non-hydrogen) atoms. The fourth-order valence-electron chi connectivity index (χ4n) is 2.64. The molecule has 1 N–H and O–H groups in total. The lowest BCUT2D eigenvalue weighted by Gasteiger charge is -2.08. The molecule has 0 saturated carbocycles. The topological polar surface area (TPSA) is 62.8 Å². The van der Waals surface area contributed by atoms with Crippen molar-refractivity contribution < 1.29 is 5.21 Å². The van der Waals surface area contributed by atoms with E-state index in [1.54, 1.807) is 6.33 Å². The van der Waals surface area contributed by atoms with Crippen molar-refractivity contribution in [2.45, 2.75) is 12.8 Å². The van der Waals surface area contributed by atoms with E-state index in [1.165, 1.54) is 17.1 Å². The second-order valence-electron chi connectivity index (χ2n) is 4.96. The molecule has 3 aromatic rings. The Morgan fingerprint density at radius 3 is 3.24 bits per heavy atom. The summed E-state index contributed by atoms with van der Waals surface area (Å²) in [5.74, 6) is 0. The van der Waals surface area contributed by atoms with Crippen molar-refractivity contribution in [1.82, 2.24) is 13.8 Å². The maximum absolute atomic E-state index is 8.90. The van der Waals surface area contributed by atoms with Gasteiger partial charge in [-0.15, -0.1) is 0 Å². The minimum atomic E-state index is 0.677. The highest BCUT2D eigenvalue weighted by molar-refractivity contribution is 7.11. The average molecular weight is 296 g/mol. The summed E-state index contributed by atoms with van der Waals surface area (Å²) in [7, 11) is 0. The van der Waals surface area contributed by atoms with E-state index in [9.17, 15) is 0 Å². The zero-order valence-electron chi connectivity index (χ0n) is 11.1. The predicted molar refractivity (Wildman–Crippen MR) is 83.1 cm³/mol. The molecule has 2 heterocycles. The molecule has 4 rings (SSSR count). The minimum Gasteiger partial charge on any atom is -0.411 e. The summed E-state index contributed by atoms with van der Waals surface area (Å²) in [6.45, 7) is 0. The SMILES string of the molecule is ON=C1C=C(Cc2cccc3c2nc2sncn23)C=CC1. The quantitative estimate of drug-likeness (QED) is 0.583. The van der Waals surface area contributed by atoms with Gasteiger partial charge in [0.1, 0.15) is 6.33 Å². The first kappa shape index (κ1) is 12.3. The Hall–Kier alpha value is -2.47. The first-order valence-electron chi connectivity index (χ1n) is 6.63. The lowest BCUT2D eigenvalue weighted by molar-refractivity contribution is 0.318. The van der Waals surface area contributed by atoms with Crippen LogP contribution >= 0.6 is 11.5 Å². The van der Waals surface area contributed by atoms with Crippen LogP contribution in [0.4, 0.5) is 0 Å². The molecule has 5 nitrogen and oxygen atoms in total. The molecule has 0 spiro atoms. The van der Waals surface area contributed by atoms with Crippen molar-refractivity contribution in [3.8, 4) is 0 Å². The van der Waals surface area contributed by atoms with Gasteiger partial charge in [0.15, 0.2) is 0 Å². The van der Waals surface area contributed by atoms with Crippen LogP contribution < -0.4 is 0 Å². The summed E-state index contributed by atoms with van der Waals surface area (Å²) in [6.07, 6.45) is 9.27. The second-order valence-corrected chi connectivity index (χ2v) is 5.71. The molecular weight excluding hydrogens is 284 g/mol. The maximum Gasteiger partial charge on any atom is 0.214 e. The van der Waals surface area contributed by atoms with Crippen LogP contribution in [0.15, 0.2) is 53.5 Å². The molecule has 6 heteroatoms. The van der Waals surface area contributed by atoms with Crippen LogP contribution in [0.5, 0.6) is 0 Å². The van der Waals surface area contributed by atoms with Gasteiger partial charge in [-0.05, 0) is 29.7 Å². The van der Waals surface area contributed by atoms with E-state index in [4.69, 9.17) is 5.21 Å². The normalized spacial score (nSPS) is 17.0. The van der Waals surface area contributed by atoms with E-state index < -0.39 is 0 Å². The van der Waals surface area contributed by atoms with E-state index in [0.29, 0.717) is 12.1 Å². The lowest BCUT2D eigenvalue weighted by Crippen LogP contribution is -2.01. The van der Waals surface area contributed by atoms with Crippen LogP contribution in [-0.4, -0.2) is 24.7 Å². The van der Waals surface area contributed by atoms with Crippen LogP contribution in [-0.2, 0) is 6.42 Å². The van der Waals surface area contributed by atoms with Gasteiger partial charge >= 0.3 is 0 Å². The third-order valence-corrected chi connectivity index (χ3v) is 4.25. The van der Waals surface area contributed by atoms with Crippen LogP contribution in [0, 0.1) is 0 Å². The monoisotopic (exact) mass is 296 g/mol. The Kier molecular flexibility index (Phi) is 2.82. The van der Waals surface area contributed by atoms with E-state index in [1.807, 2.05) is 22.6 Å². The summed E-state index contributed by atoms with van der Waals surface area (Å²) < 4.78 is 6.16. The number of imidazole rings is 1. The van der Waals surface area contributed by atoms with Crippen LogP contribution in [0.1, 0.15) is 12.0 Å². The van der Waals surface area contributed by atoms with E-state index in [0.717, 1.165) is 28.0 Å². The van der Waals surface area contributed by atoms with E-state index in [-0.39, 0.29) is 0 Å². The maximum atomic E-state index is 8.90. The van der Waals surface area contributed by atoms with Gasteiger partial charge < -0.3 is 5.21 Å². The van der Waals surface area contributed by atoms with Gasteiger partial charge in [0, 0.05) is 18.0 Å². The number of benzene rings is 1. The number of hydrogen-bond donors (Lipinski definition) is 1. The van der Waals surface area contributed by atoms with Crippen molar-refractivity contribution in [2.75, 3.05) is 0 Å². The number of para-hydroxylation sites is 1. The molecule has 0 radical (unpaired) electrons. The summed E-state index contributed by atoms with van der Waals surface area (Å²) >= 11 is 1.39. The molecule has 0 bridgehead atoms. The molecule has 104 valence electrons. The van der Waals surface area contributed by atoms with Crippen molar-refractivity contribution >= 4 is 33.2 Å². The van der Waals surface area contributed by atoms with E-state index >= 15 is 0 Å². The highest BCUT2D eigenvalue weighted by Gasteiger charge is 2.12. The van der Waals surface area contributed by atoms with Gasteiger partial charge in [0.05, 0.1) is 16.7 Å². The number of hydrogen-bond acceptors (Lipinski definition) is 5. The van der Waals surface area contributed by atoms with E-state index in [2.05, 4.69) is 32.7 Å². The number of oxime groups is 1. The number of fused-ring (bicyclic) bond motifs is 3. The van der Waals surface area contributed by atoms with Gasteiger partial charge in [-0.25, -0.2) is 4.98 Å². The summed E-state index contributed by atoms with van der Waals surface area (Å²) in [5, 5.41) is 12.2. The van der Waals surface area contributed by atoms with Crippen molar-refractivity contribution in [3.63, 3.8) is 0 Å². The number of allylic oxidation sites excluding steroid dienone is 4. The van der Waals surface area contributed by atoms with Crippen LogP contribution in [0.25, 0.3) is 16.0 Å². The van der Waals surface area contributed by atoms with Gasteiger partial charge in [0.2, 0.25) is 4.96 Å². The summed E-state index contributed by atoms with van der Waals surface area (Å²) in [5.41, 5.74) is 5.06. The minimum absolute atomic E-state index is 0.677. The molecule has 0 amide bonds. The zero-order valence-corrected chi connectivity index (χ0v) is 11.9. The third-order valence-electron chi connectivity index (χ3n) is 3.60. The first-order valence-corrected chi connectivity index (χ1v) is 7.41. The fourth-order valence-corrected chi connectivity index (χ4v) is 3.24. The van der Waals surface area contributed by atoms with Gasteiger partial charge in [-0.1, -0.05) is 29.4 Å². The second kappa shape index (κ2) is 4.82. The number of nitrogens with zero attached hydrogens (tertiary/aromatic N) is 4. The van der Waals surface area contributed by atoms with Gasteiger partial charge in [0.25, 0.3) is 0 Å². The molecule has 0 fully saturated rings. The van der Waals surface area contributed by atoms with Crippen LogP contribution in [0.2, 0.25) is 0 Å². The number of aromatic nitrogens is 3. The molecule has 0 aliphatic heterocycles. The van der Waals surface area contributed by atoms with Gasteiger partial charge in [-0.2, -0.15) is 4.37 Å². The highest BCUT2D eigenvalue weighted by Crippen LogP contribution is 2.24. The molecule has 0 atom stereocenters. The average Bonchev–Trinajstić information content (AvgIpc) is 3.09. The Morgan fingerprint density at radius 2 is 2.33 bits per heavy atom. The molecule has 1 aromatic carbocycles. The molecule has 2 aromatic heterocycles. The Balaban J connectivity index is 1.80. The molecule has 1 aliphatic carbocycles. The molecule has 0 unspecified atom stereocenters. The lowest BCUT2D eigenvalue weighted by atomic mass is 9.98. The largest absolute Gasteiger partial charge is 0.411 e. The Labute approximate surface area is 124 Å². The Bertz CT molecular complexity index is 916. The molecular formula is C15H12N4OS. The third kappa shape index (κ3) is 2.04. The predicted octanol–water partition coefficient (Wildman–Crippen LogP) is 3.20. The standard InChI is InChI=1S/C15H12N4OS/c20-18-12-5-1-3-10(8-12)7-11-4-2-6-13-14(11)17-15-19(13)9-16-21-15/h1-4,6,8-9,20H,5,7H2. The van der Waals surface area contributed by atoms with Crippen molar-refractivity contribution in [2.24, 2.45) is 5.16 Å². The summed E-state index contributed by atoms with van der Waals surface area (Å²) in [4.78, 5) is 5.57. The van der Waals surface area contributed by atoms with Crippen molar-refractivity contribution in [3.05, 3.63) is 53.9 Å². The Morgan fingerprint density at radius 1 is 1.38 bits per heavy atom. The summed E-state index contributed by atoms with van der Waals surface area (Å²) in [6, 6.07) is 6.18. The smallest absolute Gasteiger partial charge is 0.214 e. The van der Waals surface area contributed by atoms with Crippen molar-refractivity contribution in [1.29, 1.82) is 0 Å². The van der Waals surface area contributed by atoms with Crippen LogP contribution in [0.3, 0.4) is 0 Å². The first-order chi connectivity index (χ1) is 10.3. The molecule has 0 saturated heterocycles. The van der Waals surface area contributed by atoms with Gasteiger partial charge in [-0.3, -0.25) is 4.40 Å². The highest BCUT2D eigenvalue weighted by atomic mass is 32.1. The fraction of sp³-hybridized carbons (Fsp3) is 0.133. The zero-order chi connectivity index (χ0) is 14.2. The molecule has 1 aliphatic rings.